The zero-order valence-electron chi connectivity index (χ0n) is 19.9. The second kappa shape index (κ2) is 10.5. The van der Waals surface area contributed by atoms with Gasteiger partial charge in [-0.25, -0.2) is 0 Å². The smallest absolute Gasteiger partial charge is 0.251 e. The summed E-state index contributed by atoms with van der Waals surface area (Å²) in [5.74, 6) is 0.293. The lowest BCUT2D eigenvalue weighted by atomic mass is 9.95. The zero-order valence-corrected chi connectivity index (χ0v) is 19.9. The van der Waals surface area contributed by atoms with Gasteiger partial charge in [-0.2, -0.15) is 0 Å². The van der Waals surface area contributed by atoms with Gasteiger partial charge in [0.05, 0.1) is 0 Å². The Labute approximate surface area is 201 Å². The standard InChI is InChI=1S/C29H35N3O2/c33-28(21-8-4-1-2-5-9-21)32-24-15-12-20(13-16-24)26-19-30-27-17-14-22(18-25(26)27)29(34)31-23-10-6-3-7-11-23/h12-19,21,23,30H,1-11H2,(H,31,34)(H,32,33). The molecule has 5 nitrogen and oxygen atoms in total. The van der Waals surface area contributed by atoms with Crippen LogP contribution >= 0.6 is 0 Å². The molecule has 0 radical (unpaired) electrons. The SMILES string of the molecule is O=C(NC1CCCCC1)c1ccc2[nH]cc(-c3ccc(NC(=O)C4CCCCCC4)cc3)c2c1. The number of amides is 2. The lowest BCUT2D eigenvalue weighted by Crippen LogP contribution is -2.36. The topological polar surface area (TPSA) is 74.0 Å². The van der Waals surface area contributed by atoms with E-state index in [-0.39, 0.29) is 17.7 Å². The molecule has 2 fully saturated rings. The van der Waals surface area contributed by atoms with Gasteiger partial charge in [0.15, 0.2) is 0 Å². The Bertz CT molecular complexity index is 1130. The fourth-order valence-electron chi connectivity index (χ4n) is 5.54. The predicted octanol–water partition coefficient (Wildman–Crippen LogP) is 6.81. The summed E-state index contributed by atoms with van der Waals surface area (Å²) >= 11 is 0. The van der Waals surface area contributed by atoms with Gasteiger partial charge in [-0.15, -0.1) is 0 Å². The molecule has 2 aliphatic carbocycles. The Kier molecular flexibility index (Phi) is 6.98. The number of rotatable bonds is 5. The first kappa shape index (κ1) is 22.7. The van der Waals surface area contributed by atoms with Gasteiger partial charge in [-0.1, -0.05) is 57.1 Å². The van der Waals surface area contributed by atoms with Crippen molar-refractivity contribution < 1.29 is 9.59 Å². The number of aromatic amines is 1. The summed E-state index contributed by atoms with van der Waals surface area (Å²) in [5, 5.41) is 7.36. The summed E-state index contributed by atoms with van der Waals surface area (Å²) in [5.41, 5.74) is 4.67. The Morgan fingerprint density at radius 3 is 2.21 bits per heavy atom. The van der Waals surface area contributed by atoms with Crippen LogP contribution in [0.3, 0.4) is 0 Å². The molecule has 5 heteroatoms. The zero-order chi connectivity index (χ0) is 23.3. The van der Waals surface area contributed by atoms with Crippen molar-refractivity contribution >= 4 is 28.4 Å². The van der Waals surface area contributed by atoms with E-state index in [9.17, 15) is 9.59 Å². The third-order valence-electron chi connectivity index (χ3n) is 7.57. The molecule has 178 valence electrons. The number of benzene rings is 2. The van der Waals surface area contributed by atoms with Gasteiger partial charge in [-0.05, 0) is 61.6 Å². The molecule has 1 aromatic heterocycles. The highest BCUT2D eigenvalue weighted by Crippen LogP contribution is 2.31. The molecule has 3 aromatic rings. The molecule has 0 saturated heterocycles. The maximum atomic E-state index is 12.9. The van der Waals surface area contributed by atoms with Gasteiger partial charge in [-0.3, -0.25) is 9.59 Å². The summed E-state index contributed by atoms with van der Waals surface area (Å²) in [6.07, 6.45) is 14.6. The van der Waals surface area contributed by atoms with Crippen LogP contribution in [0.4, 0.5) is 5.69 Å². The van der Waals surface area contributed by atoms with Crippen molar-refractivity contribution in [3.05, 3.63) is 54.2 Å². The van der Waals surface area contributed by atoms with Gasteiger partial charge in [0.25, 0.3) is 5.91 Å². The molecule has 34 heavy (non-hydrogen) atoms. The van der Waals surface area contributed by atoms with Crippen LogP contribution in [0.15, 0.2) is 48.7 Å². The van der Waals surface area contributed by atoms with Crippen LogP contribution < -0.4 is 10.6 Å². The van der Waals surface area contributed by atoms with E-state index in [1.807, 2.05) is 48.7 Å². The highest BCUT2D eigenvalue weighted by atomic mass is 16.2. The fraction of sp³-hybridized carbons (Fsp3) is 0.448. The van der Waals surface area contributed by atoms with Crippen LogP contribution in [0.5, 0.6) is 0 Å². The maximum absolute atomic E-state index is 12.9. The molecule has 2 aromatic carbocycles. The number of hydrogen-bond donors (Lipinski definition) is 3. The second-order valence-electron chi connectivity index (χ2n) is 10.0. The van der Waals surface area contributed by atoms with Gasteiger partial charge in [0.1, 0.15) is 0 Å². The van der Waals surface area contributed by atoms with Gasteiger partial charge in [0.2, 0.25) is 5.91 Å². The predicted molar refractivity (Wildman–Crippen MR) is 138 cm³/mol. The van der Waals surface area contributed by atoms with Crippen molar-refractivity contribution in [2.45, 2.75) is 76.7 Å². The third-order valence-corrected chi connectivity index (χ3v) is 7.57. The van der Waals surface area contributed by atoms with E-state index < -0.39 is 0 Å². The number of anilines is 1. The van der Waals surface area contributed by atoms with E-state index in [4.69, 9.17) is 0 Å². The van der Waals surface area contributed by atoms with E-state index in [0.29, 0.717) is 11.6 Å². The van der Waals surface area contributed by atoms with Crippen LogP contribution in [0.2, 0.25) is 0 Å². The van der Waals surface area contributed by atoms with E-state index in [2.05, 4.69) is 15.6 Å². The van der Waals surface area contributed by atoms with Crippen molar-refractivity contribution in [2.75, 3.05) is 5.32 Å². The second-order valence-corrected chi connectivity index (χ2v) is 10.0. The van der Waals surface area contributed by atoms with Crippen molar-refractivity contribution in [1.29, 1.82) is 0 Å². The van der Waals surface area contributed by atoms with Crippen molar-refractivity contribution in [2.24, 2.45) is 5.92 Å². The summed E-state index contributed by atoms with van der Waals surface area (Å²) in [6, 6.07) is 14.2. The third kappa shape index (κ3) is 5.19. The van der Waals surface area contributed by atoms with Crippen LogP contribution in [-0.2, 0) is 4.79 Å². The molecule has 0 aliphatic heterocycles. The molecule has 2 saturated carbocycles. The molecule has 5 rings (SSSR count). The summed E-state index contributed by atoms with van der Waals surface area (Å²) in [6.45, 7) is 0. The normalized spacial score (nSPS) is 17.9. The van der Waals surface area contributed by atoms with Crippen LogP contribution in [0.25, 0.3) is 22.0 Å². The van der Waals surface area contributed by atoms with Crippen molar-refractivity contribution in [3.8, 4) is 11.1 Å². The maximum Gasteiger partial charge on any atom is 0.251 e. The first-order valence-electron chi connectivity index (χ1n) is 13.0. The van der Waals surface area contributed by atoms with Gasteiger partial charge < -0.3 is 15.6 Å². The van der Waals surface area contributed by atoms with E-state index in [0.717, 1.165) is 66.2 Å². The molecule has 1 heterocycles. The molecule has 0 bridgehead atoms. The minimum absolute atomic E-state index is 0.0116. The average Bonchev–Trinajstić information content (AvgIpc) is 3.09. The van der Waals surface area contributed by atoms with Crippen LogP contribution in [0.1, 0.15) is 81.0 Å². The fourth-order valence-corrected chi connectivity index (χ4v) is 5.54. The molecular weight excluding hydrogens is 422 g/mol. The Balaban J connectivity index is 1.30. The van der Waals surface area contributed by atoms with Crippen molar-refractivity contribution in [3.63, 3.8) is 0 Å². The first-order valence-corrected chi connectivity index (χ1v) is 13.0. The quantitative estimate of drug-likeness (QED) is 0.368. The number of carbonyl (C=O) groups excluding carboxylic acids is 2. The summed E-state index contributed by atoms with van der Waals surface area (Å²) < 4.78 is 0. The number of aromatic nitrogens is 1. The van der Waals surface area contributed by atoms with E-state index >= 15 is 0 Å². The highest BCUT2D eigenvalue weighted by Gasteiger charge is 2.20. The average molecular weight is 458 g/mol. The van der Waals surface area contributed by atoms with Gasteiger partial charge in [0, 0.05) is 45.9 Å². The molecule has 2 aliphatic rings. The summed E-state index contributed by atoms with van der Waals surface area (Å²) in [7, 11) is 0. The molecule has 0 unspecified atom stereocenters. The molecule has 0 spiro atoms. The molecule has 2 amide bonds. The van der Waals surface area contributed by atoms with Crippen molar-refractivity contribution in [1.82, 2.24) is 10.3 Å². The van der Waals surface area contributed by atoms with Gasteiger partial charge >= 0.3 is 0 Å². The lowest BCUT2D eigenvalue weighted by molar-refractivity contribution is -0.120. The van der Waals surface area contributed by atoms with Crippen LogP contribution in [-0.4, -0.2) is 22.8 Å². The molecule has 0 atom stereocenters. The van der Waals surface area contributed by atoms with Crippen LogP contribution in [0, 0.1) is 5.92 Å². The lowest BCUT2D eigenvalue weighted by Gasteiger charge is -2.22. The Morgan fingerprint density at radius 2 is 1.47 bits per heavy atom. The minimum atomic E-state index is 0.0116. The highest BCUT2D eigenvalue weighted by molar-refractivity contribution is 6.03. The number of fused-ring (bicyclic) bond motifs is 1. The largest absolute Gasteiger partial charge is 0.361 e. The Morgan fingerprint density at radius 1 is 0.794 bits per heavy atom. The first-order chi connectivity index (χ1) is 16.7. The number of nitrogens with one attached hydrogen (secondary N) is 3. The summed E-state index contributed by atoms with van der Waals surface area (Å²) in [4.78, 5) is 28.9. The monoisotopic (exact) mass is 457 g/mol. The number of carbonyl (C=O) groups is 2. The minimum Gasteiger partial charge on any atom is -0.361 e. The number of hydrogen-bond acceptors (Lipinski definition) is 2. The molecule has 3 N–H and O–H groups in total. The van der Waals surface area contributed by atoms with E-state index in [1.54, 1.807) is 0 Å². The van der Waals surface area contributed by atoms with E-state index in [1.165, 1.54) is 32.1 Å². The Hall–Kier alpha value is -3.08. The number of H-pyrrole nitrogens is 1. The molecular formula is C29H35N3O2.